The first-order valence-corrected chi connectivity index (χ1v) is 13.3. The topological polar surface area (TPSA) is 108 Å². The van der Waals surface area contributed by atoms with Gasteiger partial charge in [0.1, 0.15) is 0 Å². The largest absolute Gasteiger partial charge is 0.337 e. The van der Waals surface area contributed by atoms with E-state index in [9.17, 15) is 13.2 Å². The third kappa shape index (κ3) is 4.41. The summed E-state index contributed by atoms with van der Waals surface area (Å²) in [4.78, 5) is 30.0. The van der Waals surface area contributed by atoms with Crippen molar-refractivity contribution in [2.45, 2.75) is 11.3 Å². The molecular weight excluding hydrogens is 472 g/mol. The molecule has 2 atom stereocenters. The van der Waals surface area contributed by atoms with Gasteiger partial charge in [-0.1, -0.05) is 23.4 Å². The predicted molar refractivity (Wildman–Crippen MR) is 126 cm³/mol. The van der Waals surface area contributed by atoms with E-state index in [1.54, 1.807) is 36.7 Å². The van der Waals surface area contributed by atoms with Crippen molar-refractivity contribution in [3.8, 4) is 0 Å². The van der Waals surface area contributed by atoms with Crippen molar-refractivity contribution >= 4 is 55.9 Å². The van der Waals surface area contributed by atoms with Gasteiger partial charge in [0.2, 0.25) is 5.95 Å². The van der Waals surface area contributed by atoms with E-state index in [0.717, 1.165) is 0 Å². The average Bonchev–Trinajstić information content (AvgIpc) is 3.28. The van der Waals surface area contributed by atoms with Gasteiger partial charge in [-0.25, -0.2) is 18.4 Å². The molecule has 1 aromatic heterocycles. The summed E-state index contributed by atoms with van der Waals surface area (Å²) in [6.07, 6.45) is 3.42. The molecule has 0 bridgehead atoms. The number of hydrogen-bond donors (Lipinski definition) is 1. The highest BCUT2D eigenvalue weighted by Crippen LogP contribution is 2.35. The van der Waals surface area contributed by atoms with Crippen LogP contribution in [-0.4, -0.2) is 83.3 Å². The van der Waals surface area contributed by atoms with Crippen LogP contribution < -0.4 is 10.2 Å². The number of nitrogens with zero attached hydrogens (tertiary/aromatic N) is 5. The Morgan fingerprint density at radius 1 is 1.12 bits per heavy atom. The van der Waals surface area contributed by atoms with E-state index < -0.39 is 9.84 Å². The molecule has 2 saturated heterocycles. The SMILES string of the molecule is O=C(c1ccc(Cl)c(NC2=N[C@H]3CS(=O)(=O)C[C@H]3S2)c1)N1CCN(c2ncccn2)CC1. The molecule has 0 radical (unpaired) electrons. The van der Waals surface area contributed by atoms with Gasteiger partial charge >= 0.3 is 0 Å². The van der Waals surface area contributed by atoms with E-state index in [0.29, 0.717) is 53.6 Å². The van der Waals surface area contributed by atoms with Crippen molar-refractivity contribution < 1.29 is 13.2 Å². The smallest absolute Gasteiger partial charge is 0.254 e. The summed E-state index contributed by atoms with van der Waals surface area (Å²) in [6.45, 7) is 2.47. The first kappa shape index (κ1) is 21.5. The summed E-state index contributed by atoms with van der Waals surface area (Å²) in [5.74, 6) is 0.832. The Morgan fingerprint density at radius 3 is 2.59 bits per heavy atom. The number of aliphatic imine (C=N–C) groups is 1. The molecular formula is C20H21ClN6O3S2. The lowest BCUT2D eigenvalue weighted by atomic mass is 10.1. The summed E-state index contributed by atoms with van der Waals surface area (Å²) in [6, 6.07) is 6.69. The van der Waals surface area contributed by atoms with Crippen LogP contribution in [0, 0.1) is 0 Å². The van der Waals surface area contributed by atoms with Crippen molar-refractivity contribution in [3.63, 3.8) is 0 Å². The van der Waals surface area contributed by atoms with Crippen molar-refractivity contribution in [3.05, 3.63) is 47.2 Å². The monoisotopic (exact) mass is 492 g/mol. The number of rotatable bonds is 3. The number of hydrogen-bond acceptors (Lipinski definition) is 9. The van der Waals surface area contributed by atoms with Crippen LogP contribution in [0.1, 0.15) is 10.4 Å². The van der Waals surface area contributed by atoms with Crippen LogP contribution in [0.5, 0.6) is 0 Å². The Labute approximate surface area is 195 Å². The van der Waals surface area contributed by atoms with Crippen LogP contribution in [0.15, 0.2) is 41.7 Å². The van der Waals surface area contributed by atoms with E-state index in [2.05, 4.69) is 25.2 Å². The lowest BCUT2D eigenvalue weighted by Crippen LogP contribution is -2.49. The maximum Gasteiger partial charge on any atom is 0.254 e. The van der Waals surface area contributed by atoms with Gasteiger partial charge in [-0.05, 0) is 24.3 Å². The summed E-state index contributed by atoms with van der Waals surface area (Å²) in [5, 5.41) is 4.23. The Balaban J connectivity index is 1.25. The molecule has 0 unspecified atom stereocenters. The van der Waals surface area contributed by atoms with Crippen LogP contribution in [0.2, 0.25) is 5.02 Å². The molecule has 32 heavy (non-hydrogen) atoms. The van der Waals surface area contributed by atoms with Gasteiger partial charge in [-0.3, -0.25) is 9.79 Å². The van der Waals surface area contributed by atoms with Gasteiger partial charge in [0.05, 0.1) is 28.3 Å². The van der Waals surface area contributed by atoms with Crippen molar-refractivity contribution in [2.75, 3.05) is 47.9 Å². The molecule has 9 nitrogen and oxygen atoms in total. The molecule has 1 amide bonds. The number of amidine groups is 1. The fourth-order valence-electron chi connectivity index (χ4n) is 4.03. The normalized spacial score (nSPS) is 24.2. The highest BCUT2D eigenvalue weighted by atomic mass is 35.5. The maximum absolute atomic E-state index is 13.1. The van der Waals surface area contributed by atoms with E-state index in [-0.39, 0.29) is 28.7 Å². The number of piperazine rings is 1. The van der Waals surface area contributed by atoms with Crippen LogP contribution >= 0.6 is 23.4 Å². The molecule has 1 aromatic carbocycles. The first-order valence-electron chi connectivity index (χ1n) is 10.2. The first-order chi connectivity index (χ1) is 15.4. The van der Waals surface area contributed by atoms with E-state index in [1.165, 1.54) is 11.8 Å². The lowest BCUT2D eigenvalue weighted by Gasteiger charge is -2.34. The number of fused-ring (bicyclic) bond motifs is 1. The summed E-state index contributed by atoms with van der Waals surface area (Å²) in [7, 11) is -3.01. The molecule has 168 valence electrons. The minimum Gasteiger partial charge on any atom is -0.337 e. The number of halogens is 1. The molecule has 5 rings (SSSR count). The van der Waals surface area contributed by atoms with Gasteiger partial charge < -0.3 is 15.1 Å². The number of sulfone groups is 1. The minimum absolute atomic E-state index is 0.0593. The zero-order chi connectivity index (χ0) is 22.3. The lowest BCUT2D eigenvalue weighted by molar-refractivity contribution is 0.0746. The number of carbonyl (C=O) groups excluding carboxylic acids is 1. The zero-order valence-corrected chi connectivity index (χ0v) is 19.4. The molecule has 3 aliphatic rings. The number of nitrogens with one attached hydrogen (secondary N) is 1. The van der Waals surface area contributed by atoms with Crippen molar-refractivity contribution in [1.82, 2.24) is 14.9 Å². The van der Waals surface area contributed by atoms with E-state index >= 15 is 0 Å². The second-order valence-corrected chi connectivity index (χ2v) is 11.7. The van der Waals surface area contributed by atoms with Crippen LogP contribution in [0.25, 0.3) is 0 Å². The molecule has 0 spiro atoms. The third-order valence-electron chi connectivity index (χ3n) is 5.67. The summed E-state index contributed by atoms with van der Waals surface area (Å²) >= 11 is 7.77. The fraction of sp³-hybridized carbons (Fsp3) is 0.400. The van der Waals surface area contributed by atoms with Gasteiger partial charge in [0.15, 0.2) is 15.0 Å². The van der Waals surface area contributed by atoms with E-state index in [1.807, 2.05) is 4.90 Å². The van der Waals surface area contributed by atoms with Gasteiger partial charge in [-0.2, -0.15) is 0 Å². The Hall–Kier alpha value is -2.37. The second-order valence-electron chi connectivity index (χ2n) is 7.88. The highest BCUT2D eigenvalue weighted by molar-refractivity contribution is 8.15. The third-order valence-corrected chi connectivity index (χ3v) is 9.15. The fourth-order valence-corrected chi connectivity index (χ4v) is 7.86. The van der Waals surface area contributed by atoms with Crippen molar-refractivity contribution in [1.29, 1.82) is 0 Å². The predicted octanol–water partition coefficient (Wildman–Crippen LogP) is 1.77. The van der Waals surface area contributed by atoms with Gasteiger partial charge in [-0.15, -0.1) is 0 Å². The second kappa shape index (κ2) is 8.53. The quantitative estimate of drug-likeness (QED) is 0.690. The molecule has 2 aromatic rings. The number of carbonyl (C=O) groups is 1. The molecule has 2 fully saturated rings. The van der Waals surface area contributed by atoms with E-state index in [4.69, 9.17) is 11.6 Å². The summed E-state index contributed by atoms with van der Waals surface area (Å²) < 4.78 is 23.5. The zero-order valence-electron chi connectivity index (χ0n) is 17.0. The van der Waals surface area contributed by atoms with Gasteiger partial charge in [0.25, 0.3) is 5.91 Å². The van der Waals surface area contributed by atoms with Crippen molar-refractivity contribution in [2.24, 2.45) is 4.99 Å². The summed E-state index contributed by atoms with van der Waals surface area (Å²) in [5.41, 5.74) is 1.12. The molecule has 1 N–H and O–H groups in total. The Kier molecular flexibility index (Phi) is 5.72. The standard InChI is InChI=1S/C20H21ClN6O3S2/c21-14-3-2-13(10-15(14)24-20-25-16-11-32(29,30)12-17(16)31-20)18(28)26-6-8-27(9-7-26)19-22-4-1-5-23-19/h1-5,10,16-17H,6-9,11-12H2,(H,24,25)/t16-,17+/m0/s1. The minimum atomic E-state index is -3.01. The number of thioether (sulfide) groups is 1. The molecule has 0 saturated carbocycles. The number of aromatic nitrogens is 2. The Bertz CT molecular complexity index is 1170. The molecule has 0 aliphatic carbocycles. The van der Waals surface area contributed by atoms with Crippen LogP contribution in [0.3, 0.4) is 0 Å². The maximum atomic E-state index is 13.1. The van der Waals surface area contributed by atoms with Crippen LogP contribution in [-0.2, 0) is 9.84 Å². The highest BCUT2D eigenvalue weighted by Gasteiger charge is 2.42. The number of benzene rings is 1. The number of anilines is 2. The molecule has 3 aliphatic heterocycles. The van der Waals surface area contributed by atoms with Crippen LogP contribution in [0.4, 0.5) is 11.6 Å². The Morgan fingerprint density at radius 2 is 1.88 bits per heavy atom. The van der Waals surface area contributed by atoms with Gasteiger partial charge in [0, 0.05) is 49.4 Å². The molecule has 12 heteroatoms. The molecule has 4 heterocycles. The number of amides is 1. The average molecular weight is 493 g/mol.